The van der Waals surface area contributed by atoms with Crippen molar-refractivity contribution in [2.45, 2.75) is 87.5 Å². The van der Waals surface area contributed by atoms with Gasteiger partial charge in [0, 0.05) is 26.8 Å². The molecule has 6 aromatic carbocycles. The summed E-state index contributed by atoms with van der Waals surface area (Å²) < 4.78 is 214. The van der Waals surface area contributed by atoms with Crippen LogP contribution in [0.3, 0.4) is 0 Å². The van der Waals surface area contributed by atoms with Crippen LogP contribution in [0.5, 0.6) is 0 Å². The lowest BCUT2D eigenvalue weighted by Crippen LogP contribution is -2.20. The highest BCUT2D eigenvalue weighted by atomic mass is 79.9. The molecule has 9 rings (SSSR count). The number of anilines is 9. The highest BCUT2D eigenvalue weighted by Crippen LogP contribution is 2.33. The van der Waals surface area contributed by atoms with Crippen molar-refractivity contribution < 1.29 is 107 Å². The first-order chi connectivity index (χ1) is 58.5. The molecule has 52 heteroatoms. The maximum atomic E-state index is 14.6. The van der Waals surface area contributed by atoms with Crippen LogP contribution < -0.4 is 47.1 Å². The van der Waals surface area contributed by atoms with E-state index >= 15 is 0 Å². The minimum Gasteiger partial charge on any atom is -0.478 e. The number of pyridine rings is 2. The molecular weight excluding hydrogens is 2090 g/mol. The van der Waals surface area contributed by atoms with Crippen molar-refractivity contribution in [2.75, 3.05) is 89.1 Å². The molecule has 1 amide bonds. The molecule has 0 bridgehead atoms. The number of halogens is 16. The molecule has 694 valence electrons. The van der Waals surface area contributed by atoms with E-state index in [9.17, 15) is 92.4 Å². The minimum atomic E-state index is -3.71. The van der Waals surface area contributed by atoms with Gasteiger partial charge in [0.1, 0.15) is 31.7 Å². The van der Waals surface area contributed by atoms with Crippen LogP contribution in [0.25, 0.3) is 0 Å². The Hall–Kier alpha value is -8.19. The van der Waals surface area contributed by atoms with Crippen LogP contribution in [-0.4, -0.2) is 133 Å². The molecule has 14 N–H and O–H groups in total. The van der Waals surface area contributed by atoms with E-state index in [4.69, 9.17) is 120 Å². The predicted octanol–water partition coefficient (Wildman–Crippen LogP) is 19.9. The number of carboxylic acid groups (broad SMARTS) is 1. The molecule has 0 saturated heterocycles. The lowest BCUT2D eigenvalue weighted by Gasteiger charge is -2.12. The zero-order valence-corrected chi connectivity index (χ0v) is 81.2. The third-order valence-electron chi connectivity index (χ3n) is 13.8. The Morgan fingerprint density at radius 3 is 1.10 bits per heavy atom. The second-order valence-electron chi connectivity index (χ2n) is 24.1. The third kappa shape index (κ3) is 42.8. The van der Waals surface area contributed by atoms with Gasteiger partial charge in [0.05, 0.1) is 136 Å². The second kappa shape index (κ2) is 56.3. The number of ether oxygens (including phenoxy) is 2. The van der Waals surface area contributed by atoms with Crippen molar-refractivity contribution >= 4 is 264 Å². The molecule has 3 heterocycles. The number of aryl methyl sites for hydroxylation is 1. The van der Waals surface area contributed by atoms with E-state index in [1.165, 1.54) is 66.1 Å². The molecule has 3 aromatic heterocycles. The molecule has 0 aliphatic carbocycles. The number of sulfonamides is 4. The highest BCUT2D eigenvalue weighted by molar-refractivity contribution is 9.10. The molecule has 9 aromatic rings. The number of carbonyl (C=O) groups excluding carboxylic acids is 4. The summed E-state index contributed by atoms with van der Waals surface area (Å²) >= 11 is 46.9. The maximum Gasteiger partial charge on any atom is 0.342 e. The Morgan fingerprint density at radius 2 is 0.794 bits per heavy atom. The minimum absolute atomic E-state index is 0.00449. The number of benzene rings is 6. The number of nitrogen functional groups attached to an aromatic ring is 4. The van der Waals surface area contributed by atoms with Crippen LogP contribution in [0.2, 0.25) is 30.1 Å². The van der Waals surface area contributed by atoms with Crippen LogP contribution in [-0.2, 0) is 58.6 Å². The van der Waals surface area contributed by atoms with Crippen molar-refractivity contribution in [1.82, 2.24) is 15.0 Å². The summed E-state index contributed by atoms with van der Waals surface area (Å²) in [5.41, 5.74) is 18.1. The van der Waals surface area contributed by atoms with Gasteiger partial charge in [-0.25, -0.2) is 97.8 Å². The molecular formula is C74H82Br2Cl8F6N12O18S6. The summed E-state index contributed by atoms with van der Waals surface area (Å²) in [4.78, 5) is 69.7. The largest absolute Gasteiger partial charge is 0.478 e. The predicted molar refractivity (Wildman–Crippen MR) is 495 cm³/mol. The van der Waals surface area contributed by atoms with Gasteiger partial charge in [-0.05, 0) is 199 Å². The lowest BCUT2D eigenvalue weighted by molar-refractivity contribution is 0.0511. The monoisotopic (exact) mass is 2170 g/mol. The fraction of sp³-hybridized carbons (Fsp3) is 0.270. The van der Waals surface area contributed by atoms with Gasteiger partial charge < -0.3 is 42.8 Å². The van der Waals surface area contributed by atoms with Gasteiger partial charge >= 0.3 is 17.9 Å². The fourth-order valence-corrected chi connectivity index (χ4v) is 16.6. The van der Waals surface area contributed by atoms with E-state index in [0.29, 0.717) is 58.2 Å². The Balaban J connectivity index is 0.000000730. The number of rotatable bonds is 26. The molecule has 0 aliphatic rings. The summed E-state index contributed by atoms with van der Waals surface area (Å²) in [6, 6.07) is 22.9. The maximum absolute atomic E-state index is 14.6. The number of carboxylic acids is 1. The zero-order valence-electron chi connectivity index (χ0n) is 67.1. The van der Waals surface area contributed by atoms with Crippen molar-refractivity contribution in [3.8, 4) is 0 Å². The van der Waals surface area contributed by atoms with E-state index in [1.807, 2.05) is 16.4 Å². The number of thiazole rings is 1. The van der Waals surface area contributed by atoms with E-state index in [2.05, 4.69) is 71.0 Å². The van der Waals surface area contributed by atoms with Crippen LogP contribution in [0.1, 0.15) is 137 Å². The number of hydrogen-bond acceptors (Lipinski definition) is 25. The van der Waals surface area contributed by atoms with Gasteiger partial charge in [-0.3, -0.25) is 28.5 Å². The molecule has 0 spiro atoms. The molecule has 30 nitrogen and oxygen atoms in total. The first-order valence-electron chi connectivity index (χ1n) is 35.6. The average Bonchev–Trinajstić information content (AvgIpc) is 0.975. The number of aromatic carboxylic acids is 1. The Labute approximate surface area is 784 Å². The summed E-state index contributed by atoms with van der Waals surface area (Å²) in [7, 11) is -13.1. The van der Waals surface area contributed by atoms with E-state index < -0.39 is 141 Å². The summed E-state index contributed by atoms with van der Waals surface area (Å²) in [6.07, 6.45) is 6.82. The molecule has 0 atom stereocenters. The van der Waals surface area contributed by atoms with Gasteiger partial charge in [-0.15, -0.1) is 11.3 Å². The highest BCUT2D eigenvalue weighted by Gasteiger charge is 2.27. The lowest BCUT2D eigenvalue weighted by atomic mass is 10.1. The number of nitrogens with zero attached hydrogens (tertiary/aromatic N) is 3. The van der Waals surface area contributed by atoms with E-state index in [1.54, 1.807) is 91.2 Å². The van der Waals surface area contributed by atoms with Gasteiger partial charge in [-0.1, -0.05) is 104 Å². The van der Waals surface area contributed by atoms with Crippen molar-refractivity contribution in [3.63, 3.8) is 0 Å². The van der Waals surface area contributed by atoms with Crippen LogP contribution >= 0.6 is 135 Å². The SMILES string of the molecule is CCCS(=O)(=O)Cl.CCCS(=O)(=O)Nc1ccc(Cl)c(C(=O)Cl)c1F.CCCS(=O)(=O)Nc1ccc(Cl)c(C(=O)Nc2ccc(Br)nc2)c1F.CCCS(=O)(=O)Nc1ccc(Cl)c(C(=O)O)c1F.CCCS(=O)(=O)Nc1ccc(Cl)c(C(=O)OCC)c1F.CCOC(=O)c1c(Cl)ccc(N)c1F.Cc1cnc(N)s1.Nc1ccc(Br)nc1.Nc1ccc(Cl)cc1F. The summed E-state index contributed by atoms with van der Waals surface area (Å²) in [5.74, 6) is -10.4. The quantitative estimate of drug-likeness (QED) is 0.00791. The first kappa shape index (κ1) is 116. The molecule has 0 aliphatic heterocycles. The van der Waals surface area contributed by atoms with Crippen LogP contribution in [0.15, 0.2) is 131 Å². The standard InChI is InChI=1S/C15H14BrClFN3O3S.C12H15ClFNO4S.C10H10Cl2FNO3S.C10H11ClFNO4S.C9H9ClFNO2.C6H5ClFN.C5H5BrN2.C4H6N2S.C3H7ClO2S/c1-2-7-25(23,24)21-11-5-4-10(17)13(14(11)18)15(22)20-9-3-6-12(16)19-8-9;1-3-7-20(17,18)15-9-6-5-8(13)10(11(9)14)12(16)19-4-2;1-2-5-18(16,17)14-7-4-3-6(11)8(9(7)13)10(12)15;1-2-5-18(16,17)13-7-4-3-6(11)8(9(7)12)10(14)15;1-2-14-9(13)7-5(10)3-4-6(12)8(7)11;7-4-1-2-6(9)5(8)3-4;6-5-2-1-4(7)3-8-5;1-3-2-6-4(5)7-3;1-2-3-7(4,5)6/h3-6,8,21H,2,7H2,1H3,(H,20,22);5-6,15H,3-4,7H2,1-2H3;3-4,14H,2,5H2,1H3;3-4,13H,2,5H2,1H3,(H,14,15);3-4H,2,12H2,1H3;1-3H,9H2;1-3H,7H2;2H,1H3,(H2,5,6);2-3H2,1H3. The molecule has 0 unspecified atom stereocenters. The van der Waals surface area contributed by atoms with Crippen LogP contribution in [0.4, 0.5) is 77.0 Å². The number of esters is 2. The van der Waals surface area contributed by atoms with Gasteiger partial charge in [0.2, 0.25) is 49.1 Å². The fourth-order valence-electron chi connectivity index (χ4n) is 8.56. The number of nitrogens with two attached hydrogens (primary N) is 4. The number of carbonyl (C=O) groups is 5. The Kier molecular flexibility index (Phi) is 51.8. The third-order valence-corrected chi connectivity index (χ3v) is 24.8. The molecule has 0 fully saturated rings. The summed E-state index contributed by atoms with van der Waals surface area (Å²) in [6.45, 7) is 13.8. The smallest absolute Gasteiger partial charge is 0.342 e. The first-order valence-corrected chi connectivity index (χ1v) is 49.7. The molecule has 126 heavy (non-hydrogen) atoms. The zero-order chi connectivity index (χ0) is 96.5. The average molecular weight is 2180 g/mol. The number of nitrogens with one attached hydrogen (secondary N) is 5. The van der Waals surface area contributed by atoms with E-state index in [0.717, 1.165) is 33.7 Å². The van der Waals surface area contributed by atoms with Crippen molar-refractivity contribution in [3.05, 3.63) is 229 Å². The molecule has 0 radical (unpaired) electrons. The van der Waals surface area contributed by atoms with Gasteiger partial charge in [0.25, 0.3) is 11.1 Å². The van der Waals surface area contributed by atoms with E-state index in [-0.39, 0.29) is 101 Å². The normalized spacial score (nSPS) is 10.8. The Morgan fingerprint density at radius 1 is 0.444 bits per heavy atom. The van der Waals surface area contributed by atoms with Crippen molar-refractivity contribution in [2.24, 2.45) is 0 Å². The second-order valence-corrected chi connectivity index (χ2v) is 40.1. The summed E-state index contributed by atoms with van der Waals surface area (Å²) in [5, 5.41) is 10.4. The van der Waals surface area contributed by atoms with Crippen molar-refractivity contribution in [1.29, 1.82) is 0 Å². The molecule has 0 saturated carbocycles. The number of aromatic nitrogens is 3. The van der Waals surface area contributed by atoms with Crippen LogP contribution in [0, 0.1) is 41.8 Å². The number of hydrogen-bond donors (Lipinski definition) is 10. The van der Waals surface area contributed by atoms with Gasteiger partial charge in [0.15, 0.2) is 34.2 Å². The topological polar surface area (TPSA) is 498 Å². The Bertz CT molecular complexity index is 5680. The van der Waals surface area contributed by atoms with Gasteiger partial charge in [-0.2, -0.15) is 0 Å². The number of amides is 1.